The van der Waals surface area contributed by atoms with E-state index in [9.17, 15) is 9.59 Å². The van der Waals surface area contributed by atoms with Crippen molar-refractivity contribution < 1.29 is 9.59 Å². The highest BCUT2D eigenvalue weighted by atomic mass is 32.1. The lowest BCUT2D eigenvalue weighted by Gasteiger charge is -2.13. The molecule has 33 heavy (non-hydrogen) atoms. The molecule has 174 valence electrons. The van der Waals surface area contributed by atoms with Crippen LogP contribution in [0, 0.1) is 11.3 Å². The van der Waals surface area contributed by atoms with Gasteiger partial charge in [0.05, 0.1) is 13.1 Å². The van der Waals surface area contributed by atoms with Crippen LogP contribution in [-0.4, -0.2) is 27.5 Å². The van der Waals surface area contributed by atoms with E-state index >= 15 is 0 Å². The molecule has 3 aromatic rings. The molecule has 0 saturated carbocycles. The molecule has 0 fully saturated rings. The first-order chi connectivity index (χ1) is 15.7. The molecule has 0 unspecified atom stereocenters. The van der Waals surface area contributed by atoms with Crippen LogP contribution < -0.4 is 21.7 Å². The first-order valence-corrected chi connectivity index (χ1v) is 12.2. The van der Waals surface area contributed by atoms with Crippen LogP contribution in [0.3, 0.4) is 0 Å². The summed E-state index contributed by atoms with van der Waals surface area (Å²) in [6.07, 6.45) is 0.427. The first-order valence-electron chi connectivity index (χ1n) is 10.4. The van der Waals surface area contributed by atoms with Crippen LogP contribution in [0.1, 0.15) is 58.2 Å². The molecule has 3 rings (SSSR count). The van der Waals surface area contributed by atoms with Crippen molar-refractivity contribution in [3.05, 3.63) is 50.4 Å². The van der Waals surface area contributed by atoms with Gasteiger partial charge in [-0.2, -0.15) is 0 Å². The maximum Gasteiger partial charge on any atom is 0.190 e. The molecule has 0 radical (unpaired) electrons. The zero-order chi connectivity index (χ0) is 24.0. The van der Waals surface area contributed by atoms with Crippen molar-refractivity contribution in [3.8, 4) is 0 Å². The highest BCUT2D eigenvalue weighted by Gasteiger charge is 2.14. The average Bonchev–Trinajstić information content (AvgIpc) is 3.44. The summed E-state index contributed by atoms with van der Waals surface area (Å²) in [5, 5.41) is 22.1. The van der Waals surface area contributed by atoms with E-state index in [4.69, 9.17) is 11.1 Å². The Balaban J connectivity index is 1.70. The Morgan fingerprint density at radius 2 is 1.48 bits per heavy atom. The molecule has 0 aliphatic heterocycles. The Bertz CT molecular complexity index is 1150. The van der Waals surface area contributed by atoms with Gasteiger partial charge >= 0.3 is 0 Å². The molecule has 6 N–H and O–H groups in total. The van der Waals surface area contributed by atoms with Crippen LogP contribution in [-0.2, 0) is 13.1 Å². The number of nitrogens with one attached hydrogen (secondary N) is 4. The smallest absolute Gasteiger partial charge is 0.190 e. The van der Waals surface area contributed by atoms with Gasteiger partial charge in [-0.1, -0.05) is 20.8 Å². The van der Waals surface area contributed by atoms with Gasteiger partial charge in [0.15, 0.2) is 17.5 Å². The zero-order valence-corrected chi connectivity index (χ0v) is 20.3. The van der Waals surface area contributed by atoms with Crippen LogP contribution in [0.15, 0.2) is 29.0 Å². The summed E-state index contributed by atoms with van der Waals surface area (Å²) in [4.78, 5) is 32.7. The molecule has 0 atom stereocenters. The number of anilines is 3. The molecule has 1 aromatic carbocycles. The lowest BCUT2D eigenvalue weighted by atomic mass is 10.1. The summed E-state index contributed by atoms with van der Waals surface area (Å²) in [7, 11) is 0. The second-order valence-electron chi connectivity index (χ2n) is 7.59. The molecule has 0 bridgehead atoms. The quantitative estimate of drug-likeness (QED) is 0.151. The number of guanidine groups is 1. The van der Waals surface area contributed by atoms with E-state index in [2.05, 4.69) is 25.9 Å². The summed E-state index contributed by atoms with van der Waals surface area (Å²) < 4.78 is 0. The number of carbonyl (C=O) groups excluding carboxylic acids is 2. The first kappa shape index (κ1) is 24.3. The molecule has 0 aliphatic carbocycles. The number of aromatic nitrogens is 2. The Morgan fingerprint density at radius 1 is 0.970 bits per heavy atom. The van der Waals surface area contributed by atoms with Gasteiger partial charge in [0, 0.05) is 40.2 Å². The normalized spacial score (nSPS) is 10.8. The van der Waals surface area contributed by atoms with Crippen LogP contribution >= 0.6 is 22.7 Å². The SMILES string of the molecule is CCC(=O)c1csc(CNc2cc(NCc3nc(C(=O)C(C)C)cs3)cc(NC(=N)N)c2)n1. The minimum Gasteiger partial charge on any atom is -0.378 e. The van der Waals surface area contributed by atoms with E-state index in [-0.39, 0.29) is 23.4 Å². The molecule has 0 aliphatic rings. The maximum absolute atomic E-state index is 12.1. The van der Waals surface area contributed by atoms with Gasteiger partial charge in [0.25, 0.3) is 0 Å². The molecular weight excluding hydrogens is 458 g/mol. The van der Waals surface area contributed by atoms with Gasteiger partial charge in [-0.15, -0.1) is 22.7 Å². The predicted molar refractivity (Wildman–Crippen MR) is 135 cm³/mol. The Kier molecular flexibility index (Phi) is 8.12. The second kappa shape index (κ2) is 11.0. The van der Waals surface area contributed by atoms with E-state index in [1.807, 2.05) is 39.0 Å². The molecule has 11 heteroatoms. The largest absolute Gasteiger partial charge is 0.378 e. The van der Waals surface area contributed by atoms with Crippen LogP contribution in [0.2, 0.25) is 0 Å². The molecule has 9 nitrogen and oxygen atoms in total. The van der Waals surface area contributed by atoms with Crippen LogP contribution in [0.25, 0.3) is 0 Å². The minimum atomic E-state index is -0.169. The molecule has 2 aromatic heterocycles. The number of nitrogens with two attached hydrogens (primary N) is 1. The zero-order valence-electron chi connectivity index (χ0n) is 18.7. The van der Waals surface area contributed by atoms with Crippen molar-refractivity contribution in [3.63, 3.8) is 0 Å². The number of ketones is 2. The van der Waals surface area contributed by atoms with Gasteiger partial charge in [0.1, 0.15) is 21.4 Å². The van der Waals surface area contributed by atoms with Gasteiger partial charge in [-0.25, -0.2) is 9.97 Å². The van der Waals surface area contributed by atoms with Crippen molar-refractivity contribution in [2.24, 2.45) is 11.7 Å². The fraction of sp³-hybridized carbons (Fsp3) is 0.318. The minimum absolute atomic E-state index is 0.0251. The highest BCUT2D eigenvalue weighted by Crippen LogP contribution is 2.25. The number of rotatable bonds is 11. The van der Waals surface area contributed by atoms with Crippen molar-refractivity contribution in [1.29, 1.82) is 5.41 Å². The number of benzene rings is 1. The molecule has 0 spiro atoms. The van der Waals surface area contributed by atoms with E-state index in [1.165, 1.54) is 22.7 Å². The fourth-order valence-electron chi connectivity index (χ4n) is 2.92. The number of hydrogen-bond donors (Lipinski definition) is 5. The third kappa shape index (κ3) is 6.83. The third-order valence-corrected chi connectivity index (χ3v) is 6.28. The van der Waals surface area contributed by atoms with Crippen molar-refractivity contribution in [2.75, 3.05) is 16.0 Å². The maximum atomic E-state index is 12.1. The van der Waals surface area contributed by atoms with E-state index in [1.54, 1.807) is 10.8 Å². The number of carbonyl (C=O) groups is 2. The van der Waals surface area contributed by atoms with E-state index < -0.39 is 0 Å². The Hall–Kier alpha value is -3.31. The summed E-state index contributed by atoms with van der Waals surface area (Å²) in [6, 6.07) is 5.59. The Morgan fingerprint density at radius 3 is 2.00 bits per heavy atom. The summed E-state index contributed by atoms with van der Waals surface area (Å²) in [5.74, 6) is -0.206. The summed E-state index contributed by atoms with van der Waals surface area (Å²) in [5.41, 5.74) is 8.71. The second-order valence-corrected chi connectivity index (χ2v) is 9.48. The fourth-order valence-corrected chi connectivity index (χ4v) is 4.38. The monoisotopic (exact) mass is 485 g/mol. The van der Waals surface area contributed by atoms with Crippen LogP contribution in [0.4, 0.5) is 17.1 Å². The Labute approximate surface area is 200 Å². The number of nitrogens with zero attached hydrogens (tertiary/aromatic N) is 2. The highest BCUT2D eigenvalue weighted by molar-refractivity contribution is 7.10. The number of thiazole rings is 2. The van der Waals surface area contributed by atoms with Gasteiger partial charge < -0.3 is 21.7 Å². The van der Waals surface area contributed by atoms with Gasteiger partial charge in [-0.3, -0.25) is 15.0 Å². The standard InChI is InChI=1S/C22H27N7O2S2/c1-4-18(30)16-10-32-19(28-16)8-25-13-5-14(7-15(6-13)27-22(23)24)26-9-20-29-17(11-33-20)21(31)12(2)3/h5-7,10-12,25-26H,4,8-9H2,1-3H3,(H4,23,24,27). The molecule has 0 amide bonds. The topological polar surface area (TPSA) is 146 Å². The van der Waals surface area contributed by atoms with Gasteiger partial charge in [0.2, 0.25) is 0 Å². The number of Topliss-reactive ketones (excluding diaryl/α,β-unsaturated/α-hetero) is 2. The van der Waals surface area contributed by atoms with E-state index in [0.29, 0.717) is 36.6 Å². The van der Waals surface area contributed by atoms with E-state index in [0.717, 1.165) is 21.4 Å². The number of hydrogen-bond acceptors (Lipinski definition) is 9. The van der Waals surface area contributed by atoms with Crippen molar-refractivity contribution >= 4 is 57.3 Å². The van der Waals surface area contributed by atoms with Gasteiger partial charge in [-0.05, 0) is 18.2 Å². The molecule has 2 heterocycles. The van der Waals surface area contributed by atoms with Crippen molar-refractivity contribution in [2.45, 2.75) is 40.3 Å². The molecular formula is C22H27N7O2S2. The lowest BCUT2D eigenvalue weighted by Crippen LogP contribution is -2.20. The van der Waals surface area contributed by atoms with Crippen LogP contribution in [0.5, 0.6) is 0 Å². The lowest BCUT2D eigenvalue weighted by molar-refractivity contribution is 0.0934. The average molecular weight is 486 g/mol. The summed E-state index contributed by atoms with van der Waals surface area (Å²) in [6.45, 7) is 6.44. The van der Waals surface area contributed by atoms with Crippen molar-refractivity contribution in [1.82, 2.24) is 9.97 Å². The summed E-state index contributed by atoms with van der Waals surface area (Å²) >= 11 is 2.86. The molecule has 0 saturated heterocycles. The third-order valence-electron chi connectivity index (χ3n) is 4.59. The predicted octanol–water partition coefficient (Wildman–Crippen LogP) is 4.56.